The van der Waals surface area contributed by atoms with Gasteiger partial charge >= 0.3 is 6.61 Å². The van der Waals surface area contributed by atoms with Gasteiger partial charge in [0.15, 0.2) is 17.6 Å². The van der Waals surface area contributed by atoms with E-state index in [0.717, 1.165) is 0 Å². The Morgan fingerprint density at radius 3 is 2.75 bits per heavy atom. The Hall–Kier alpha value is -3.36. The van der Waals surface area contributed by atoms with Crippen molar-refractivity contribution < 1.29 is 32.6 Å². The topological polar surface area (TPSA) is 85.9 Å². The normalized spacial score (nSPS) is 15.3. The first-order chi connectivity index (χ1) is 13.4. The highest BCUT2D eigenvalue weighted by atomic mass is 19.3. The van der Waals surface area contributed by atoms with Gasteiger partial charge in [-0.25, -0.2) is 0 Å². The van der Waals surface area contributed by atoms with Crippen LogP contribution in [0.3, 0.4) is 0 Å². The van der Waals surface area contributed by atoms with Gasteiger partial charge in [-0.05, 0) is 50.2 Å². The molecule has 3 rings (SSSR count). The van der Waals surface area contributed by atoms with Crippen LogP contribution in [0.25, 0.3) is 0 Å². The summed E-state index contributed by atoms with van der Waals surface area (Å²) in [6, 6.07) is 8.73. The highest BCUT2D eigenvalue weighted by Gasteiger charge is 2.24. The third-order valence-electron chi connectivity index (χ3n) is 3.89. The van der Waals surface area contributed by atoms with Gasteiger partial charge in [-0.15, -0.1) is 0 Å². The predicted octanol–water partition coefficient (Wildman–Crippen LogP) is 3.66. The molecule has 1 heterocycles. The van der Waals surface area contributed by atoms with Gasteiger partial charge in [0.2, 0.25) is 0 Å². The molecular weight excluding hydrogens is 374 g/mol. The van der Waals surface area contributed by atoms with Crippen molar-refractivity contribution in [1.29, 1.82) is 0 Å². The number of ether oxygens (including phenoxy) is 3. The lowest BCUT2D eigenvalue weighted by Gasteiger charge is -2.23. The van der Waals surface area contributed by atoms with Crippen molar-refractivity contribution in [1.82, 2.24) is 0 Å². The Kier molecular flexibility index (Phi) is 5.62. The molecule has 0 saturated carbocycles. The summed E-state index contributed by atoms with van der Waals surface area (Å²) < 4.78 is 40.1. The molecular formula is C19H18F2N2O5. The minimum atomic E-state index is -3.01. The van der Waals surface area contributed by atoms with Gasteiger partial charge in [0.25, 0.3) is 11.8 Å². The first-order valence-electron chi connectivity index (χ1n) is 8.52. The van der Waals surface area contributed by atoms with Crippen molar-refractivity contribution in [3.8, 4) is 17.2 Å². The molecule has 28 heavy (non-hydrogen) atoms. The lowest BCUT2D eigenvalue weighted by molar-refractivity contribution is -0.122. The van der Waals surface area contributed by atoms with Crippen molar-refractivity contribution in [3.05, 3.63) is 42.0 Å². The number of rotatable bonds is 6. The number of anilines is 2. The van der Waals surface area contributed by atoms with Crippen LogP contribution >= 0.6 is 0 Å². The molecule has 1 atom stereocenters. The molecule has 2 aromatic rings. The standard InChI is InChI=1S/C19H18F2N2O5/c1-3-26-16-8-11(4-6-15(16)28-19(20)21)18(25)22-12-5-7-14-13(9-12)23-17(24)10(2)27-14/h4-10,19H,3H2,1-2H3,(H,22,25)(H,23,24)/t10-/m0/s1. The van der Waals surface area contributed by atoms with Crippen LogP contribution in [0.2, 0.25) is 0 Å². The highest BCUT2D eigenvalue weighted by molar-refractivity contribution is 6.05. The lowest BCUT2D eigenvalue weighted by atomic mass is 10.1. The molecule has 0 radical (unpaired) electrons. The quantitative estimate of drug-likeness (QED) is 0.784. The summed E-state index contributed by atoms with van der Waals surface area (Å²) in [5, 5.41) is 5.37. The van der Waals surface area contributed by atoms with Crippen molar-refractivity contribution in [2.24, 2.45) is 0 Å². The highest BCUT2D eigenvalue weighted by Crippen LogP contribution is 2.33. The number of nitrogens with one attached hydrogen (secondary N) is 2. The van der Waals surface area contributed by atoms with Crippen LogP contribution < -0.4 is 24.8 Å². The molecule has 9 heteroatoms. The molecule has 2 N–H and O–H groups in total. The van der Waals surface area contributed by atoms with Crippen LogP contribution in [-0.4, -0.2) is 31.1 Å². The van der Waals surface area contributed by atoms with Crippen molar-refractivity contribution in [3.63, 3.8) is 0 Å². The van der Waals surface area contributed by atoms with Crippen LogP contribution in [0.4, 0.5) is 20.2 Å². The number of amides is 2. The Bertz CT molecular complexity index is 904. The van der Waals surface area contributed by atoms with Crippen LogP contribution in [0.5, 0.6) is 17.2 Å². The second-order valence-corrected chi connectivity index (χ2v) is 5.89. The summed E-state index contributed by atoms with van der Waals surface area (Å²) in [7, 11) is 0. The average molecular weight is 392 g/mol. The van der Waals surface area contributed by atoms with Gasteiger partial charge in [-0.1, -0.05) is 0 Å². The summed E-state index contributed by atoms with van der Waals surface area (Å²) in [6.07, 6.45) is -0.598. The number of fused-ring (bicyclic) bond motifs is 1. The number of carbonyl (C=O) groups is 2. The second kappa shape index (κ2) is 8.12. The summed E-state index contributed by atoms with van der Waals surface area (Å²) in [4.78, 5) is 24.2. The maximum atomic E-state index is 12.5. The van der Waals surface area contributed by atoms with Gasteiger partial charge in [-0.2, -0.15) is 8.78 Å². The third-order valence-corrected chi connectivity index (χ3v) is 3.89. The fourth-order valence-electron chi connectivity index (χ4n) is 2.60. The zero-order valence-corrected chi connectivity index (χ0v) is 15.1. The number of carbonyl (C=O) groups excluding carboxylic acids is 2. The van der Waals surface area contributed by atoms with E-state index in [-0.39, 0.29) is 29.6 Å². The van der Waals surface area contributed by atoms with Crippen LogP contribution in [0, 0.1) is 0 Å². The summed E-state index contributed by atoms with van der Waals surface area (Å²) in [5.41, 5.74) is 1.06. The van der Waals surface area contributed by atoms with E-state index in [1.54, 1.807) is 32.0 Å². The Labute approximate surface area is 159 Å². The molecule has 0 aliphatic carbocycles. The fourth-order valence-corrected chi connectivity index (χ4v) is 2.60. The number of benzene rings is 2. The molecule has 0 bridgehead atoms. The van der Waals surface area contributed by atoms with Crippen molar-refractivity contribution in [2.45, 2.75) is 26.6 Å². The lowest BCUT2D eigenvalue weighted by Crippen LogP contribution is -2.34. The van der Waals surface area contributed by atoms with Crippen molar-refractivity contribution in [2.75, 3.05) is 17.2 Å². The zero-order chi connectivity index (χ0) is 20.3. The van der Waals surface area contributed by atoms with E-state index in [4.69, 9.17) is 9.47 Å². The largest absolute Gasteiger partial charge is 0.490 e. The van der Waals surface area contributed by atoms with E-state index >= 15 is 0 Å². The average Bonchev–Trinajstić information content (AvgIpc) is 2.64. The molecule has 1 aliphatic rings. The minimum Gasteiger partial charge on any atom is -0.490 e. The smallest absolute Gasteiger partial charge is 0.387 e. The molecule has 0 saturated heterocycles. The molecule has 1 aliphatic heterocycles. The zero-order valence-electron chi connectivity index (χ0n) is 15.1. The third kappa shape index (κ3) is 4.30. The SMILES string of the molecule is CCOc1cc(C(=O)Nc2ccc3c(c2)NC(=O)[C@H](C)O3)ccc1OC(F)F. The van der Waals surface area contributed by atoms with Gasteiger partial charge in [0.1, 0.15) is 5.75 Å². The Morgan fingerprint density at radius 1 is 1.25 bits per heavy atom. The second-order valence-electron chi connectivity index (χ2n) is 5.89. The van der Waals surface area contributed by atoms with Crippen LogP contribution in [0.15, 0.2) is 36.4 Å². The first kappa shape index (κ1) is 19.4. The molecule has 0 spiro atoms. The number of hydrogen-bond acceptors (Lipinski definition) is 5. The molecule has 148 valence electrons. The summed E-state index contributed by atoms with van der Waals surface area (Å²) >= 11 is 0. The molecule has 2 aromatic carbocycles. The van der Waals surface area contributed by atoms with Crippen LogP contribution in [0.1, 0.15) is 24.2 Å². The van der Waals surface area contributed by atoms with E-state index in [9.17, 15) is 18.4 Å². The summed E-state index contributed by atoms with van der Waals surface area (Å²) in [5.74, 6) is -0.392. The Balaban J connectivity index is 1.78. The molecule has 0 fully saturated rings. The maximum Gasteiger partial charge on any atom is 0.387 e. The Morgan fingerprint density at radius 2 is 2.04 bits per heavy atom. The van der Waals surface area contributed by atoms with E-state index in [1.165, 1.54) is 18.2 Å². The van der Waals surface area contributed by atoms with E-state index in [1.807, 2.05) is 0 Å². The predicted molar refractivity (Wildman–Crippen MR) is 97.4 cm³/mol. The minimum absolute atomic E-state index is 0.0375. The molecule has 2 amide bonds. The van der Waals surface area contributed by atoms with Crippen molar-refractivity contribution >= 4 is 23.2 Å². The summed E-state index contributed by atoms with van der Waals surface area (Å²) in [6.45, 7) is 0.525. The molecule has 7 nitrogen and oxygen atoms in total. The number of hydrogen-bond donors (Lipinski definition) is 2. The van der Waals surface area contributed by atoms with Gasteiger partial charge < -0.3 is 24.8 Å². The first-order valence-corrected chi connectivity index (χ1v) is 8.52. The van der Waals surface area contributed by atoms with Gasteiger partial charge in [0.05, 0.1) is 12.3 Å². The van der Waals surface area contributed by atoms with E-state index in [0.29, 0.717) is 17.1 Å². The number of alkyl halides is 2. The van der Waals surface area contributed by atoms with E-state index in [2.05, 4.69) is 15.4 Å². The molecule has 0 aromatic heterocycles. The van der Waals surface area contributed by atoms with Gasteiger partial charge in [-0.3, -0.25) is 9.59 Å². The fraction of sp³-hybridized carbons (Fsp3) is 0.263. The number of halogens is 2. The monoisotopic (exact) mass is 392 g/mol. The van der Waals surface area contributed by atoms with E-state index < -0.39 is 18.6 Å². The maximum absolute atomic E-state index is 12.5. The molecule has 0 unspecified atom stereocenters. The van der Waals surface area contributed by atoms with Gasteiger partial charge in [0, 0.05) is 11.3 Å². The van der Waals surface area contributed by atoms with Crippen LogP contribution in [-0.2, 0) is 4.79 Å².